The SMILES string of the molecule is Cc1ccc(OC(F)F)c(CNC(=O)N[C@H]2CCO[C@@H](C)C2)c1. The average Bonchev–Trinajstić information content (AvgIpc) is 2.47. The molecule has 0 radical (unpaired) electrons. The fourth-order valence-electron chi connectivity index (χ4n) is 2.60. The van der Waals surface area contributed by atoms with Crippen LogP contribution in [0.1, 0.15) is 30.9 Å². The highest BCUT2D eigenvalue weighted by Gasteiger charge is 2.21. The predicted octanol–water partition coefficient (Wildman–Crippen LogP) is 2.96. The second-order valence-corrected chi connectivity index (χ2v) is 5.72. The number of ether oxygens (including phenoxy) is 2. The molecular formula is C16H22F2N2O3. The number of alkyl halides is 2. The Morgan fingerprint density at radius 1 is 1.48 bits per heavy atom. The van der Waals surface area contributed by atoms with Gasteiger partial charge in [-0.05, 0) is 32.8 Å². The third kappa shape index (κ3) is 5.67. The molecule has 0 aromatic heterocycles. The van der Waals surface area contributed by atoms with Gasteiger partial charge in [-0.3, -0.25) is 0 Å². The van der Waals surface area contributed by atoms with Crippen molar-refractivity contribution in [1.82, 2.24) is 10.6 Å². The highest BCUT2D eigenvalue weighted by atomic mass is 19.3. The van der Waals surface area contributed by atoms with Crippen LogP contribution in [0.2, 0.25) is 0 Å². The van der Waals surface area contributed by atoms with Crippen LogP contribution in [0.4, 0.5) is 13.6 Å². The molecule has 1 aromatic carbocycles. The summed E-state index contributed by atoms with van der Waals surface area (Å²) in [5.41, 5.74) is 1.42. The molecular weight excluding hydrogens is 306 g/mol. The zero-order chi connectivity index (χ0) is 16.8. The minimum Gasteiger partial charge on any atom is -0.434 e. The number of halogens is 2. The maximum Gasteiger partial charge on any atom is 0.387 e. The van der Waals surface area contributed by atoms with Gasteiger partial charge in [-0.25, -0.2) is 4.79 Å². The summed E-state index contributed by atoms with van der Waals surface area (Å²) < 4.78 is 34.7. The van der Waals surface area contributed by atoms with Gasteiger partial charge < -0.3 is 20.1 Å². The van der Waals surface area contributed by atoms with Crippen LogP contribution < -0.4 is 15.4 Å². The molecule has 1 saturated heterocycles. The first-order valence-corrected chi connectivity index (χ1v) is 7.64. The molecule has 0 saturated carbocycles. The normalized spacial score (nSPS) is 21.1. The number of nitrogens with one attached hydrogen (secondary N) is 2. The van der Waals surface area contributed by atoms with Crippen molar-refractivity contribution < 1.29 is 23.0 Å². The van der Waals surface area contributed by atoms with Crippen LogP contribution in [0.3, 0.4) is 0 Å². The number of hydrogen-bond acceptors (Lipinski definition) is 3. The Labute approximate surface area is 134 Å². The first kappa shape index (κ1) is 17.5. The lowest BCUT2D eigenvalue weighted by Gasteiger charge is -2.28. The fourth-order valence-corrected chi connectivity index (χ4v) is 2.60. The highest BCUT2D eigenvalue weighted by molar-refractivity contribution is 5.74. The molecule has 2 amide bonds. The molecule has 0 aliphatic carbocycles. The van der Waals surface area contributed by atoms with Crippen LogP contribution in [0.15, 0.2) is 18.2 Å². The number of amides is 2. The molecule has 2 atom stereocenters. The van der Waals surface area contributed by atoms with Gasteiger partial charge in [0.2, 0.25) is 0 Å². The van der Waals surface area contributed by atoms with Crippen molar-refractivity contribution in [2.45, 2.75) is 52.0 Å². The van der Waals surface area contributed by atoms with E-state index in [1.807, 2.05) is 13.8 Å². The van der Waals surface area contributed by atoms with Crippen molar-refractivity contribution in [1.29, 1.82) is 0 Å². The number of carbonyl (C=O) groups excluding carboxylic acids is 1. The lowest BCUT2D eigenvalue weighted by atomic mass is 10.0. The molecule has 1 fully saturated rings. The first-order chi connectivity index (χ1) is 10.9. The molecule has 5 nitrogen and oxygen atoms in total. The molecule has 0 unspecified atom stereocenters. The largest absolute Gasteiger partial charge is 0.434 e. The van der Waals surface area contributed by atoms with Gasteiger partial charge in [0, 0.05) is 24.8 Å². The van der Waals surface area contributed by atoms with Gasteiger partial charge in [-0.1, -0.05) is 17.7 Å². The van der Waals surface area contributed by atoms with Gasteiger partial charge in [-0.2, -0.15) is 8.78 Å². The highest BCUT2D eigenvalue weighted by Crippen LogP contribution is 2.22. The van der Waals surface area contributed by atoms with Crippen molar-refractivity contribution in [3.8, 4) is 5.75 Å². The summed E-state index contributed by atoms with van der Waals surface area (Å²) >= 11 is 0. The third-order valence-corrected chi connectivity index (χ3v) is 3.69. The van der Waals surface area contributed by atoms with E-state index in [-0.39, 0.29) is 30.5 Å². The van der Waals surface area contributed by atoms with E-state index >= 15 is 0 Å². The van der Waals surface area contributed by atoms with Crippen LogP contribution in [-0.4, -0.2) is 31.4 Å². The van der Waals surface area contributed by atoms with Crippen LogP contribution in [0.5, 0.6) is 5.75 Å². The smallest absolute Gasteiger partial charge is 0.387 e. The Morgan fingerprint density at radius 3 is 2.96 bits per heavy atom. The van der Waals surface area contributed by atoms with Crippen molar-refractivity contribution in [3.63, 3.8) is 0 Å². The summed E-state index contributed by atoms with van der Waals surface area (Å²) in [6.07, 6.45) is 1.65. The van der Waals surface area contributed by atoms with Crippen molar-refractivity contribution in [2.24, 2.45) is 0 Å². The Kier molecular flexibility index (Phi) is 6.15. The number of urea groups is 1. The molecule has 128 valence electrons. The number of rotatable bonds is 5. The van der Waals surface area contributed by atoms with E-state index in [0.29, 0.717) is 12.2 Å². The Balaban J connectivity index is 1.89. The maximum absolute atomic E-state index is 12.4. The maximum atomic E-state index is 12.4. The topological polar surface area (TPSA) is 59.6 Å². The van der Waals surface area contributed by atoms with E-state index in [1.165, 1.54) is 6.07 Å². The van der Waals surface area contributed by atoms with E-state index in [9.17, 15) is 13.6 Å². The van der Waals surface area contributed by atoms with E-state index in [0.717, 1.165) is 18.4 Å². The molecule has 0 bridgehead atoms. The van der Waals surface area contributed by atoms with Crippen molar-refractivity contribution in [3.05, 3.63) is 29.3 Å². The second-order valence-electron chi connectivity index (χ2n) is 5.72. The second kappa shape index (κ2) is 8.10. The fraction of sp³-hybridized carbons (Fsp3) is 0.562. The Bertz CT molecular complexity index is 540. The standard InChI is InChI=1S/C16H22F2N2O3/c1-10-3-4-14(23-15(17)18)12(7-10)9-19-16(21)20-13-5-6-22-11(2)8-13/h3-4,7,11,13,15H,5-6,8-9H2,1-2H3,(H2,19,20,21)/t11-,13-/m0/s1. The molecule has 1 heterocycles. The first-order valence-electron chi connectivity index (χ1n) is 7.64. The van der Waals surface area contributed by atoms with Crippen LogP contribution in [0.25, 0.3) is 0 Å². The monoisotopic (exact) mass is 328 g/mol. The van der Waals surface area contributed by atoms with E-state index < -0.39 is 6.61 Å². The van der Waals surface area contributed by atoms with Gasteiger partial charge in [-0.15, -0.1) is 0 Å². The van der Waals surface area contributed by atoms with Crippen LogP contribution in [0, 0.1) is 6.92 Å². The molecule has 23 heavy (non-hydrogen) atoms. The minimum atomic E-state index is -2.89. The van der Waals surface area contributed by atoms with Gasteiger partial charge in [0.05, 0.1) is 6.10 Å². The lowest BCUT2D eigenvalue weighted by Crippen LogP contribution is -2.45. The van der Waals surface area contributed by atoms with E-state index in [4.69, 9.17) is 4.74 Å². The number of benzene rings is 1. The van der Waals surface area contributed by atoms with E-state index in [1.54, 1.807) is 12.1 Å². The summed E-state index contributed by atoms with van der Waals surface area (Å²) in [6, 6.07) is 4.62. The molecule has 2 N–H and O–H groups in total. The summed E-state index contributed by atoms with van der Waals surface area (Å²) in [6.45, 7) is 1.66. The lowest BCUT2D eigenvalue weighted by molar-refractivity contribution is -0.0504. The number of aryl methyl sites for hydroxylation is 1. The van der Waals surface area contributed by atoms with Crippen molar-refractivity contribution >= 4 is 6.03 Å². The van der Waals surface area contributed by atoms with Gasteiger partial charge in [0.25, 0.3) is 0 Å². The van der Waals surface area contributed by atoms with Crippen molar-refractivity contribution in [2.75, 3.05) is 6.61 Å². The van der Waals surface area contributed by atoms with Gasteiger partial charge >= 0.3 is 12.6 Å². The summed E-state index contributed by atoms with van der Waals surface area (Å²) in [4.78, 5) is 12.0. The zero-order valence-corrected chi connectivity index (χ0v) is 13.3. The summed E-state index contributed by atoms with van der Waals surface area (Å²) in [5, 5.41) is 5.56. The zero-order valence-electron chi connectivity index (χ0n) is 13.3. The van der Waals surface area contributed by atoms with Crippen LogP contribution in [-0.2, 0) is 11.3 Å². The Morgan fingerprint density at radius 2 is 2.26 bits per heavy atom. The Hall–Kier alpha value is -1.89. The quantitative estimate of drug-likeness (QED) is 0.874. The summed E-state index contributed by atoms with van der Waals surface area (Å²) in [7, 11) is 0. The molecule has 0 spiro atoms. The van der Waals surface area contributed by atoms with Gasteiger partial charge in [0.1, 0.15) is 5.75 Å². The summed E-state index contributed by atoms with van der Waals surface area (Å²) in [5.74, 6) is 0.0746. The third-order valence-electron chi connectivity index (χ3n) is 3.69. The van der Waals surface area contributed by atoms with Crippen LogP contribution >= 0.6 is 0 Å². The number of carbonyl (C=O) groups is 1. The predicted molar refractivity (Wildman–Crippen MR) is 81.6 cm³/mol. The number of hydrogen-bond donors (Lipinski definition) is 2. The average molecular weight is 328 g/mol. The molecule has 2 rings (SSSR count). The molecule has 1 aliphatic heterocycles. The minimum absolute atomic E-state index is 0.0630. The van der Waals surface area contributed by atoms with E-state index in [2.05, 4.69) is 15.4 Å². The molecule has 7 heteroatoms. The molecule has 1 aromatic rings. The van der Waals surface area contributed by atoms with Gasteiger partial charge in [0.15, 0.2) is 0 Å². The molecule has 1 aliphatic rings.